The summed E-state index contributed by atoms with van der Waals surface area (Å²) in [7, 11) is 1.94. The molecule has 170 valence electrons. The molecule has 0 spiro atoms. The fraction of sp³-hybridized carbons (Fsp3) is 0.231. The molecule has 0 saturated carbocycles. The molecule has 0 aliphatic rings. The molecule has 1 heterocycles. The van der Waals surface area contributed by atoms with Gasteiger partial charge in [0.2, 0.25) is 0 Å². The van der Waals surface area contributed by atoms with E-state index in [1.165, 1.54) is 29.8 Å². The molecular weight excluding hydrogens is 427 g/mol. The molecule has 1 aromatic heterocycles. The monoisotopic (exact) mass is 451 g/mol. The number of fused-ring (bicyclic) bond motifs is 1. The SMILES string of the molecule is CN(c1ccc(C(C)(C)C)cc1)c1nc(-c2ccc(OC(F)(F)F)cc2)nc2ccccc12. The molecule has 0 unspecified atom stereocenters. The van der Waals surface area contributed by atoms with E-state index < -0.39 is 6.36 Å². The topological polar surface area (TPSA) is 38.2 Å². The van der Waals surface area contributed by atoms with E-state index in [9.17, 15) is 13.2 Å². The summed E-state index contributed by atoms with van der Waals surface area (Å²) in [6, 6.07) is 21.5. The van der Waals surface area contributed by atoms with E-state index >= 15 is 0 Å². The Kier molecular flexibility index (Phi) is 5.74. The molecule has 0 bridgehead atoms. The van der Waals surface area contributed by atoms with Crippen molar-refractivity contribution in [3.05, 3.63) is 78.4 Å². The van der Waals surface area contributed by atoms with Crippen LogP contribution in [0.25, 0.3) is 22.3 Å². The minimum atomic E-state index is -4.74. The maximum absolute atomic E-state index is 12.5. The van der Waals surface area contributed by atoms with Crippen molar-refractivity contribution in [3.63, 3.8) is 0 Å². The molecule has 0 amide bonds. The van der Waals surface area contributed by atoms with E-state index in [0.29, 0.717) is 17.2 Å². The molecule has 4 rings (SSSR count). The molecular formula is C26H24F3N3O. The zero-order chi connectivity index (χ0) is 23.8. The Morgan fingerprint density at radius 1 is 0.788 bits per heavy atom. The summed E-state index contributed by atoms with van der Waals surface area (Å²) < 4.78 is 41.4. The van der Waals surface area contributed by atoms with Gasteiger partial charge < -0.3 is 9.64 Å². The van der Waals surface area contributed by atoms with Crippen molar-refractivity contribution in [2.75, 3.05) is 11.9 Å². The number of hydrogen-bond acceptors (Lipinski definition) is 4. The van der Waals surface area contributed by atoms with Gasteiger partial charge in [0, 0.05) is 23.7 Å². The first kappa shape index (κ1) is 22.6. The van der Waals surface area contributed by atoms with Gasteiger partial charge >= 0.3 is 6.36 Å². The third-order valence-corrected chi connectivity index (χ3v) is 5.37. The average Bonchev–Trinajstić information content (AvgIpc) is 2.77. The lowest BCUT2D eigenvalue weighted by Gasteiger charge is -2.23. The first-order valence-corrected chi connectivity index (χ1v) is 10.5. The highest BCUT2D eigenvalue weighted by Gasteiger charge is 2.31. The van der Waals surface area contributed by atoms with Crippen LogP contribution in [0, 0.1) is 0 Å². The van der Waals surface area contributed by atoms with Gasteiger partial charge in [-0.1, -0.05) is 45.0 Å². The van der Waals surface area contributed by atoms with Crippen molar-refractivity contribution < 1.29 is 17.9 Å². The van der Waals surface area contributed by atoms with Crippen LogP contribution in [0.1, 0.15) is 26.3 Å². The van der Waals surface area contributed by atoms with Gasteiger partial charge in [0.25, 0.3) is 0 Å². The van der Waals surface area contributed by atoms with Gasteiger partial charge in [-0.15, -0.1) is 13.2 Å². The molecule has 0 aliphatic heterocycles. The number of ether oxygens (including phenoxy) is 1. The van der Waals surface area contributed by atoms with Gasteiger partial charge in [0.15, 0.2) is 5.82 Å². The average molecular weight is 451 g/mol. The van der Waals surface area contributed by atoms with Crippen LogP contribution in [-0.4, -0.2) is 23.4 Å². The van der Waals surface area contributed by atoms with Gasteiger partial charge in [-0.3, -0.25) is 0 Å². The predicted molar refractivity (Wildman–Crippen MR) is 125 cm³/mol. The van der Waals surface area contributed by atoms with Crippen molar-refractivity contribution in [2.24, 2.45) is 0 Å². The maximum Gasteiger partial charge on any atom is 0.573 e. The fourth-order valence-electron chi connectivity index (χ4n) is 3.56. The van der Waals surface area contributed by atoms with E-state index in [4.69, 9.17) is 4.98 Å². The summed E-state index contributed by atoms with van der Waals surface area (Å²) in [6.45, 7) is 6.50. The minimum Gasteiger partial charge on any atom is -0.406 e. The van der Waals surface area contributed by atoms with Crippen molar-refractivity contribution in [1.29, 1.82) is 0 Å². The summed E-state index contributed by atoms with van der Waals surface area (Å²) in [5.41, 5.74) is 3.58. The second kappa shape index (κ2) is 8.39. The van der Waals surface area contributed by atoms with E-state index in [1.807, 2.05) is 36.2 Å². The van der Waals surface area contributed by atoms with Gasteiger partial charge in [-0.05, 0) is 59.5 Å². The van der Waals surface area contributed by atoms with E-state index in [1.54, 1.807) is 0 Å². The number of rotatable bonds is 4. The second-order valence-electron chi connectivity index (χ2n) is 8.82. The highest BCUT2D eigenvalue weighted by Crippen LogP contribution is 2.33. The van der Waals surface area contributed by atoms with Crippen LogP contribution in [-0.2, 0) is 5.41 Å². The summed E-state index contributed by atoms with van der Waals surface area (Å²) in [6.07, 6.45) is -4.74. The number of para-hydroxylation sites is 1. The minimum absolute atomic E-state index is 0.0495. The zero-order valence-corrected chi connectivity index (χ0v) is 18.8. The van der Waals surface area contributed by atoms with Crippen molar-refractivity contribution in [1.82, 2.24) is 9.97 Å². The normalized spacial score (nSPS) is 12.1. The van der Waals surface area contributed by atoms with Crippen molar-refractivity contribution >= 4 is 22.4 Å². The lowest BCUT2D eigenvalue weighted by molar-refractivity contribution is -0.274. The molecule has 33 heavy (non-hydrogen) atoms. The van der Waals surface area contributed by atoms with Crippen LogP contribution >= 0.6 is 0 Å². The zero-order valence-electron chi connectivity index (χ0n) is 18.8. The highest BCUT2D eigenvalue weighted by molar-refractivity contribution is 5.92. The summed E-state index contributed by atoms with van der Waals surface area (Å²) >= 11 is 0. The molecule has 0 aliphatic carbocycles. The van der Waals surface area contributed by atoms with E-state index in [-0.39, 0.29) is 11.2 Å². The van der Waals surface area contributed by atoms with Crippen LogP contribution < -0.4 is 9.64 Å². The van der Waals surface area contributed by atoms with Crippen molar-refractivity contribution in [2.45, 2.75) is 32.5 Å². The van der Waals surface area contributed by atoms with Crippen LogP contribution in [0.15, 0.2) is 72.8 Å². The summed E-state index contributed by atoms with van der Waals surface area (Å²) in [4.78, 5) is 11.4. The molecule has 0 N–H and O–H groups in total. The van der Waals surface area contributed by atoms with E-state index in [2.05, 4.69) is 54.8 Å². The third kappa shape index (κ3) is 5.08. The van der Waals surface area contributed by atoms with Gasteiger partial charge in [0.05, 0.1) is 5.52 Å². The molecule has 3 aromatic carbocycles. The Labute approximate surface area is 190 Å². The largest absolute Gasteiger partial charge is 0.573 e. The summed E-state index contributed by atoms with van der Waals surface area (Å²) in [5.74, 6) is 0.832. The Morgan fingerprint density at radius 2 is 1.42 bits per heavy atom. The number of hydrogen-bond donors (Lipinski definition) is 0. The number of halogens is 3. The van der Waals surface area contributed by atoms with Crippen molar-refractivity contribution in [3.8, 4) is 17.1 Å². The Balaban J connectivity index is 1.74. The lowest BCUT2D eigenvalue weighted by atomic mass is 9.87. The number of alkyl halides is 3. The molecule has 4 nitrogen and oxygen atoms in total. The first-order chi connectivity index (χ1) is 15.5. The highest BCUT2D eigenvalue weighted by atomic mass is 19.4. The third-order valence-electron chi connectivity index (χ3n) is 5.37. The first-order valence-electron chi connectivity index (χ1n) is 10.5. The molecule has 7 heteroatoms. The summed E-state index contributed by atoms with van der Waals surface area (Å²) in [5, 5.41) is 0.876. The number of nitrogens with zero attached hydrogens (tertiary/aromatic N) is 3. The number of benzene rings is 3. The molecule has 0 fully saturated rings. The van der Waals surface area contributed by atoms with Crippen LogP contribution in [0.2, 0.25) is 0 Å². The fourth-order valence-corrected chi connectivity index (χ4v) is 3.56. The maximum atomic E-state index is 12.5. The quantitative estimate of drug-likeness (QED) is 0.327. The number of aromatic nitrogens is 2. The molecule has 4 aromatic rings. The number of anilines is 2. The molecule has 0 saturated heterocycles. The van der Waals surface area contributed by atoms with Gasteiger partial charge in [-0.2, -0.15) is 0 Å². The Bertz CT molecular complexity index is 1260. The smallest absolute Gasteiger partial charge is 0.406 e. The standard InChI is InChI=1S/C26H24F3N3O/c1-25(2,3)18-11-13-19(14-12-18)32(4)24-21-7-5-6-8-22(21)30-23(31-24)17-9-15-20(16-10-17)33-26(27,28)29/h5-16H,1-4H3. The van der Waals surface area contributed by atoms with Gasteiger partial charge in [0.1, 0.15) is 11.6 Å². The second-order valence-corrected chi connectivity index (χ2v) is 8.82. The van der Waals surface area contributed by atoms with Crippen LogP contribution in [0.3, 0.4) is 0 Å². The van der Waals surface area contributed by atoms with Crippen LogP contribution in [0.4, 0.5) is 24.7 Å². The lowest BCUT2D eigenvalue weighted by Crippen LogP contribution is -2.17. The molecule has 0 radical (unpaired) electrons. The van der Waals surface area contributed by atoms with Gasteiger partial charge in [-0.25, -0.2) is 9.97 Å². The Hall–Kier alpha value is -3.61. The Morgan fingerprint density at radius 3 is 2.03 bits per heavy atom. The van der Waals surface area contributed by atoms with Crippen LogP contribution in [0.5, 0.6) is 5.75 Å². The molecule has 0 atom stereocenters. The van der Waals surface area contributed by atoms with E-state index in [0.717, 1.165) is 16.6 Å². The predicted octanol–water partition coefficient (Wildman–Crippen LogP) is 7.26.